The van der Waals surface area contributed by atoms with Crippen LogP contribution >= 0.6 is 11.6 Å². The fourth-order valence-electron chi connectivity index (χ4n) is 1.97. The van der Waals surface area contributed by atoms with Gasteiger partial charge in [-0.3, -0.25) is 9.59 Å². The number of carbonyl (C=O) groups is 2. The molecular formula is C17H17ClN2O3. The van der Waals surface area contributed by atoms with Gasteiger partial charge in [0.15, 0.2) is 6.61 Å². The smallest absolute Gasteiger partial charge is 0.262 e. The van der Waals surface area contributed by atoms with Crippen LogP contribution in [0.3, 0.4) is 0 Å². The first-order valence-corrected chi connectivity index (χ1v) is 7.38. The SMILES string of the molecule is CC(=O)Nc1cccc(OCC(=O)Nc2ccc(Cl)cc2C)c1. The van der Waals surface area contributed by atoms with E-state index >= 15 is 0 Å². The molecule has 0 spiro atoms. The molecule has 0 heterocycles. The third-order valence-corrected chi connectivity index (χ3v) is 3.22. The Morgan fingerprint density at radius 3 is 2.61 bits per heavy atom. The van der Waals surface area contributed by atoms with Crippen LogP contribution in [0.5, 0.6) is 5.75 Å². The predicted molar refractivity (Wildman–Crippen MR) is 91.1 cm³/mol. The number of nitrogens with one attached hydrogen (secondary N) is 2. The summed E-state index contributed by atoms with van der Waals surface area (Å²) in [4.78, 5) is 23.0. The van der Waals surface area contributed by atoms with Gasteiger partial charge in [0.25, 0.3) is 5.91 Å². The standard InChI is InChI=1S/C17H17ClN2O3/c1-11-8-13(18)6-7-16(11)20-17(22)10-23-15-5-3-4-14(9-15)19-12(2)21/h3-9H,10H2,1-2H3,(H,19,21)(H,20,22). The molecule has 0 saturated heterocycles. The van der Waals surface area contributed by atoms with Gasteiger partial charge in [0.05, 0.1) is 0 Å². The molecule has 0 aliphatic heterocycles. The topological polar surface area (TPSA) is 67.4 Å². The maximum atomic E-state index is 11.9. The van der Waals surface area contributed by atoms with E-state index in [1.165, 1.54) is 6.92 Å². The summed E-state index contributed by atoms with van der Waals surface area (Å²) >= 11 is 5.88. The van der Waals surface area contributed by atoms with Crippen LogP contribution in [-0.4, -0.2) is 18.4 Å². The molecule has 0 aliphatic carbocycles. The Balaban J connectivity index is 1.92. The van der Waals surface area contributed by atoms with E-state index in [0.717, 1.165) is 5.56 Å². The van der Waals surface area contributed by atoms with Gasteiger partial charge in [-0.05, 0) is 42.8 Å². The van der Waals surface area contributed by atoms with Crippen LogP contribution in [0.25, 0.3) is 0 Å². The molecule has 0 atom stereocenters. The summed E-state index contributed by atoms with van der Waals surface area (Å²) in [5, 5.41) is 6.03. The van der Waals surface area contributed by atoms with E-state index in [-0.39, 0.29) is 18.4 Å². The van der Waals surface area contributed by atoms with Gasteiger partial charge in [-0.2, -0.15) is 0 Å². The van der Waals surface area contributed by atoms with Crippen LogP contribution in [-0.2, 0) is 9.59 Å². The van der Waals surface area contributed by atoms with Crippen LogP contribution in [0.1, 0.15) is 12.5 Å². The Kier molecular flexibility index (Phi) is 5.60. The lowest BCUT2D eigenvalue weighted by molar-refractivity contribution is -0.118. The van der Waals surface area contributed by atoms with E-state index in [9.17, 15) is 9.59 Å². The third-order valence-electron chi connectivity index (χ3n) is 2.99. The molecule has 120 valence electrons. The van der Waals surface area contributed by atoms with Gasteiger partial charge in [-0.15, -0.1) is 0 Å². The normalized spacial score (nSPS) is 10.0. The minimum absolute atomic E-state index is 0.133. The summed E-state index contributed by atoms with van der Waals surface area (Å²) in [5.41, 5.74) is 2.18. The zero-order chi connectivity index (χ0) is 16.8. The summed E-state index contributed by atoms with van der Waals surface area (Å²) in [6.45, 7) is 3.15. The van der Waals surface area contributed by atoms with E-state index in [0.29, 0.717) is 22.1 Å². The molecule has 0 aliphatic rings. The molecule has 0 unspecified atom stereocenters. The van der Waals surface area contributed by atoms with Gasteiger partial charge < -0.3 is 15.4 Å². The second-order valence-electron chi connectivity index (χ2n) is 5.01. The fraction of sp³-hybridized carbons (Fsp3) is 0.176. The Hall–Kier alpha value is -2.53. The van der Waals surface area contributed by atoms with Gasteiger partial charge >= 0.3 is 0 Å². The summed E-state index contributed by atoms with van der Waals surface area (Å²) < 4.78 is 5.44. The van der Waals surface area contributed by atoms with Crippen LogP contribution in [0.15, 0.2) is 42.5 Å². The van der Waals surface area contributed by atoms with E-state index in [1.807, 2.05) is 6.92 Å². The Bertz CT molecular complexity index is 732. The quantitative estimate of drug-likeness (QED) is 0.878. The van der Waals surface area contributed by atoms with Gasteiger partial charge in [0.2, 0.25) is 5.91 Å². The van der Waals surface area contributed by atoms with E-state index in [2.05, 4.69) is 10.6 Å². The van der Waals surface area contributed by atoms with Crippen molar-refractivity contribution in [2.24, 2.45) is 0 Å². The maximum Gasteiger partial charge on any atom is 0.262 e. The molecule has 0 radical (unpaired) electrons. The highest BCUT2D eigenvalue weighted by atomic mass is 35.5. The van der Waals surface area contributed by atoms with Crippen LogP contribution in [0, 0.1) is 6.92 Å². The molecule has 6 heteroatoms. The summed E-state index contributed by atoms with van der Waals surface area (Å²) in [7, 11) is 0. The number of hydrogen-bond donors (Lipinski definition) is 2. The lowest BCUT2D eigenvalue weighted by atomic mass is 10.2. The van der Waals surface area contributed by atoms with Crippen LogP contribution < -0.4 is 15.4 Å². The molecule has 5 nitrogen and oxygen atoms in total. The number of hydrogen-bond acceptors (Lipinski definition) is 3. The average molecular weight is 333 g/mol. The molecule has 2 amide bonds. The van der Waals surface area contributed by atoms with Gasteiger partial charge in [0.1, 0.15) is 5.75 Å². The molecule has 2 aromatic carbocycles. The highest BCUT2D eigenvalue weighted by molar-refractivity contribution is 6.30. The molecular weight excluding hydrogens is 316 g/mol. The molecule has 2 N–H and O–H groups in total. The first-order chi connectivity index (χ1) is 10.9. The van der Waals surface area contributed by atoms with Crippen molar-refractivity contribution < 1.29 is 14.3 Å². The molecule has 0 aromatic heterocycles. The highest BCUT2D eigenvalue weighted by Crippen LogP contribution is 2.20. The molecule has 23 heavy (non-hydrogen) atoms. The molecule has 0 fully saturated rings. The maximum absolute atomic E-state index is 11.9. The fourth-order valence-corrected chi connectivity index (χ4v) is 2.20. The number of halogens is 1. The number of benzene rings is 2. The third kappa shape index (κ3) is 5.30. The second kappa shape index (κ2) is 7.65. The highest BCUT2D eigenvalue weighted by Gasteiger charge is 2.07. The monoisotopic (exact) mass is 332 g/mol. The number of anilines is 2. The summed E-state index contributed by atoms with van der Waals surface area (Å²) in [6.07, 6.45) is 0. The molecule has 0 bridgehead atoms. The van der Waals surface area contributed by atoms with E-state index < -0.39 is 0 Å². The minimum atomic E-state index is -0.277. The van der Waals surface area contributed by atoms with Crippen molar-refractivity contribution in [3.63, 3.8) is 0 Å². The van der Waals surface area contributed by atoms with Gasteiger partial charge in [-0.25, -0.2) is 0 Å². The number of amides is 2. The lowest BCUT2D eigenvalue weighted by Crippen LogP contribution is -2.20. The summed E-state index contributed by atoms with van der Waals surface area (Å²) in [5.74, 6) is 0.0534. The average Bonchev–Trinajstić information content (AvgIpc) is 2.48. The Labute approximate surface area is 139 Å². The number of ether oxygens (including phenoxy) is 1. The van der Waals surface area contributed by atoms with Crippen molar-refractivity contribution in [1.29, 1.82) is 0 Å². The number of aryl methyl sites for hydroxylation is 1. The minimum Gasteiger partial charge on any atom is -0.484 e. The Morgan fingerprint density at radius 1 is 1.13 bits per heavy atom. The van der Waals surface area contributed by atoms with Crippen molar-refractivity contribution in [2.45, 2.75) is 13.8 Å². The second-order valence-corrected chi connectivity index (χ2v) is 5.44. The van der Waals surface area contributed by atoms with Crippen molar-refractivity contribution in [3.05, 3.63) is 53.1 Å². The predicted octanol–water partition coefficient (Wildman–Crippen LogP) is 3.62. The zero-order valence-corrected chi connectivity index (χ0v) is 13.6. The van der Waals surface area contributed by atoms with Gasteiger partial charge in [-0.1, -0.05) is 17.7 Å². The largest absolute Gasteiger partial charge is 0.484 e. The van der Waals surface area contributed by atoms with Crippen molar-refractivity contribution in [3.8, 4) is 5.75 Å². The number of rotatable bonds is 5. The Morgan fingerprint density at radius 2 is 1.91 bits per heavy atom. The van der Waals surface area contributed by atoms with Crippen LogP contribution in [0.2, 0.25) is 5.02 Å². The molecule has 0 saturated carbocycles. The first kappa shape index (κ1) is 16.8. The molecule has 2 rings (SSSR count). The van der Waals surface area contributed by atoms with Crippen molar-refractivity contribution in [1.82, 2.24) is 0 Å². The van der Waals surface area contributed by atoms with Crippen molar-refractivity contribution in [2.75, 3.05) is 17.2 Å². The van der Waals surface area contributed by atoms with Crippen LogP contribution in [0.4, 0.5) is 11.4 Å². The van der Waals surface area contributed by atoms with Gasteiger partial charge in [0, 0.05) is 29.4 Å². The van der Waals surface area contributed by atoms with E-state index in [1.54, 1.807) is 42.5 Å². The first-order valence-electron chi connectivity index (χ1n) is 7.00. The van der Waals surface area contributed by atoms with E-state index in [4.69, 9.17) is 16.3 Å². The zero-order valence-electron chi connectivity index (χ0n) is 12.9. The van der Waals surface area contributed by atoms with Crippen molar-refractivity contribution >= 4 is 34.8 Å². The number of carbonyl (C=O) groups excluding carboxylic acids is 2. The lowest BCUT2D eigenvalue weighted by Gasteiger charge is -2.10. The molecule has 2 aromatic rings. The summed E-state index contributed by atoms with van der Waals surface area (Å²) in [6, 6.07) is 12.1.